The van der Waals surface area contributed by atoms with E-state index < -0.39 is 0 Å². The molecule has 1 heterocycles. The lowest BCUT2D eigenvalue weighted by Crippen LogP contribution is -2.17. The van der Waals surface area contributed by atoms with Gasteiger partial charge in [0.1, 0.15) is 0 Å². The van der Waals surface area contributed by atoms with Gasteiger partial charge in [0.25, 0.3) is 0 Å². The van der Waals surface area contributed by atoms with Gasteiger partial charge < -0.3 is 10.2 Å². The number of nitrogens with zero attached hydrogens (tertiary/aromatic N) is 2. The van der Waals surface area contributed by atoms with Crippen molar-refractivity contribution >= 4 is 0 Å². The highest BCUT2D eigenvalue weighted by molar-refractivity contribution is 5.23. The molecule has 0 bridgehead atoms. The number of hydrogen-bond acceptors (Lipinski definition) is 3. The molecule has 0 saturated carbocycles. The Hall–Kier alpha value is -1.65. The van der Waals surface area contributed by atoms with Crippen LogP contribution < -0.4 is 5.32 Å². The molecule has 2 N–H and O–H groups in total. The van der Waals surface area contributed by atoms with Crippen LogP contribution in [0.2, 0.25) is 0 Å². The van der Waals surface area contributed by atoms with Crippen LogP contribution in [0, 0.1) is 6.92 Å². The minimum atomic E-state index is 0.849. The van der Waals surface area contributed by atoms with Gasteiger partial charge in [-0.15, -0.1) is 0 Å². The van der Waals surface area contributed by atoms with Crippen molar-refractivity contribution < 1.29 is 0 Å². The first kappa shape index (κ1) is 14.8. The summed E-state index contributed by atoms with van der Waals surface area (Å²) in [5.74, 6) is 0. The number of hydrogen-bond donors (Lipinski definition) is 2. The van der Waals surface area contributed by atoms with Gasteiger partial charge in [0.05, 0.1) is 6.20 Å². The normalized spacial score (nSPS) is 11.2. The summed E-state index contributed by atoms with van der Waals surface area (Å²) in [6.07, 6.45) is 1.88. The van der Waals surface area contributed by atoms with Crippen molar-refractivity contribution in [3.8, 4) is 0 Å². The smallest absolute Gasteiger partial charge is 0.0535 e. The molecular weight excluding hydrogens is 248 g/mol. The molecule has 0 unspecified atom stereocenters. The molecule has 2 rings (SSSR count). The van der Waals surface area contributed by atoms with Gasteiger partial charge >= 0.3 is 0 Å². The summed E-state index contributed by atoms with van der Waals surface area (Å²) < 4.78 is 0. The van der Waals surface area contributed by atoms with Crippen LogP contribution >= 0.6 is 0 Å². The van der Waals surface area contributed by atoms with Gasteiger partial charge in [-0.05, 0) is 31.6 Å². The Morgan fingerprint density at radius 3 is 2.75 bits per heavy atom. The average molecular weight is 272 g/mol. The predicted octanol–water partition coefficient (Wildman–Crippen LogP) is 2.46. The summed E-state index contributed by atoms with van der Waals surface area (Å²) >= 11 is 0. The molecule has 0 aliphatic heterocycles. The van der Waals surface area contributed by atoms with Crippen LogP contribution in [0.15, 0.2) is 30.5 Å². The Morgan fingerprint density at radius 2 is 2.05 bits per heavy atom. The zero-order valence-electron chi connectivity index (χ0n) is 12.6. The van der Waals surface area contributed by atoms with Crippen molar-refractivity contribution in [2.45, 2.75) is 33.5 Å². The van der Waals surface area contributed by atoms with Gasteiger partial charge in [-0.25, -0.2) is 0 Å². The SMILES string of the molecule is CCN(C)Cc1cccc(CNCc2cn[nH]c2C)c1. The molecule has 0 fully saturated rings. The third kappa shape index (κ3) is 4.18. The molecule has 0 aliphatic rings. The third-order valence-electron chi connectivity index (χ3n) is 3.56. The van der Waals surface area contributed by atoms with E-state index in [2.05, 4.69) is 58.7 Å². The highest BCUT2D eigenvalue weighted by Gasteiger charge is 2.01. The van der Waals surface area contributed by atoms with Gasteiger partial charge in [-0.3, -0.25) is 5.10 Å². The number of benzene rings is 1. The Labute approximate surface area is 121 Å². The van der Waals surface area contributed by atoms with Crippen LogP contribution in [0.25, 0.3) is 0 Å². The average Bonchev–Trinajstić information content (AvgIpc) is 2.85. The molecule has 4 heteroatoms. The summed E-state index contributed by atoms with van der Waals surface area (Å²) in [5.41, 5.74) is 5.06. The maximum Gasteiger partial charge on any atom is 0.0535 e. The van der Waals surface area contributed by atoms with E-state index in [1.165, 1.54) is 16.7 Å². The van der Waals surface area contributed by atoms with Crippen molar-refractivity contribution in [3.05, 3.63) is 52.8 Å². The summed E-state index contributed by atoms with van der Waals surface area (Å²) in [7, 11) is 2.15. The van der Waals surface area contributed by atoms with Crippen LogP contribution in [0.3, 0.4) is 0 Å². The first-order chi connectivity index (χ1) is 9.69. The maximum absolute atomic E-state index is 4.03. The van der Waals surface area contributed by atoms with Crippen LogP contribution in [-0.4, -0.2) is 28.7 Å². The van der Waals surface area contributed by atoms with Crippen LogP contribution in [-0.2, 0) is 19.6 Å². The monoisotopic (exact) mass is 272 g/mol. The number of aromatic nitrogens is 2. The summed E-state index contributed by atoms with van der Waals surface area (Å²) in [5, 5.41) is 10.5. The largest absolute Gasteiger partial charge is 0.308 e. The van der Waals surface area contributed by atoms with E-state index in [9.17, 15) is 0 Å². The van der Waals surface area contributed by atoms with Crippen LogP contribution in [0.1, 0.15) is 29.3 Å². The van der Waals surface area contributed by atoms with Crippen molar-refractivity contribution in [2.24, 2.45) is 0 Å². The van der Waals surface area contributed by atoms with E-state index in [0.717, 1.165) is 31.9 Å². The first-order valence-electron chi connectivity index (χ1n) is 7.15. The molecule has 0 atom stereocenters. The van der Waals surface area contributed by atoms with Crippen LogP contribution in [0.4, 0.5) is 0 Å². The minimum Gasteiger partial charge on any atom is -0.308 e. The Morgan fingerprint density at radius 1 is 1.25 bits per heavy atom. The van der Waals surface area contributed by atoms with E-state index >= 15 is 0 Å². The minimum absolute atomic E-state index is 0.849. The number of nitrogens with one attached hydrogen (secondary N) is 2. The lowest BCUT2D eigenvalue weighted by Gasteiger charge is -2.14. The van der Waals surface area contributed by atoms with Gasteiger partial charge in [0.15, 0.2) is 0 Å². The molecule has 0 amide bonds. The topological polar surface area (TPSA) is 44.0 Å². The Bertz CT molecular complexity index is 533. The number of aryl methyl sites for hydroxylation is 1. The molecule has 20 heavy (non-hydrogen) atoms. The van der Waals surface area contributed by atoms with E-state index in [1.54, 1.807) is 0 Å². The number of rotatable bonds is 7. The fourth-order valence-corrected chi connectivity index (χ4v) is 2.16. The quantitative estimate of drug-likeness (QED) is 0.814. The second-order valence-corrected chi connectivity index (χ2v) is 5.27. The number of H-pyrrole nitrogens is 1. The molecule has 2 aromatic rings. The second kappa shape index (κ2) is 7.22. The van der Waals surface area contributed by atoms with Gasteiger partial charge in [0.2, 0.25) is 0 Å². The Kier molecular flexibility index (Phi) is 5.32. The lowest BCUT2D eigenvalue weighted by atomic mass is 10.1. The van der Waals surface area contributed by atoms with E-state index in [0.29, 0.717) is 0 Å². The standard InChI is InChI=1S/C16H24N4/c1-4-20(3)12-15-7-5-6-14(8-15)9-17-10-16-11-18-19-13(16)2/h5-8,11,17H,4,9-10,12H2,1-3H3,(H,18,19). The third-order valence-corrected chi connectivity index (χ3v) is 3.56. The molecule has 0 aliphatic carbocycles. The summed E-state index contributed by atoms with van der Waals surface area (Å²) in [4.78, 5) is 2.31. The molecule has 0 radical (unpaired) electrons. The van der Waals surface area contributed by atoms with Crippen LogP contribution in [0.5, 0.6) is 0 Å². The van der Waals surface area contributed by atoms with Crippen molar-refractivity contribution in [3.63, 3.8) is 0 Å². The molecule has 1 aromatic heterocycles. The molecule has 1 aromatic carbocycles. The predicted molar refractivity (Wildman–Crippen MR) is 82.3 cm³/mol. The second-order valence-electron chi connectivity index (χ2n) is 5.27. The first-order valence-corrected chi connectivity index (χ1v) is 7.15. The van der Waals surface area contributed by atoms with E-state index in [4.69, 9.17) is 0 Å². The lowest BCUT2D eigenvalue weighted by molar-refractivity contribution is 0.345. The Balaban J connectivity index is 1.86. The summed E-state index contributed by atoms with van der Waals surface area (Å²) in [6.45, 7) is 8.03. The fourth-order valence-electron chi connectivity index (χ4n) is 2.16. The van der Waals surface area contributed by atoms with E-state index in [-0.39, 0.29) is 0 Å². The molecular formula is C16H24N4. The van der Waals surface area contributed by atoms with Crippen molar-refractivity contribution in [1.82, 2.24) is 20.4 Å². The van der Waals surface area contributed by atoms with Gasteiger partial charge in [-0.1, -0.05) is 31.2 Å². The molecule has 0 spiro atoms. The molecule has 4 nitrogen and oxygen atoms in total. The highest BCUT2D eigenvalue weighted by atomic mass is 15.1. The zero-order valence-corrected chi connectivity index (χ0v) is 12.6. The highest BCUT2D eigenvalue weighted by Crippen LogP contribution is 2.08. The maximum atomic E-state index is 4.03. The fraction of sp³-hybridized carbons (Fsp3) is 0.438. The van der Waals surface area contributed by atoms with Gasteiger partial charge in [-0.2, -0.15) is 5.10 Å². The van der Waals surface area contributed by atoms with E-state index in [1.807, 2.05) is 13.1 Å². The number of aromatic amines is 1. The van der Waals surface area contributed by atoms with Crippen molar-refractivity contribution in [1.29, 1.82) is 0 Å². The van der Waals surface area contributed by atoms with Gasteiger partial charge in [0, 0.05) is 30.9 Å². The summed E-state index contributed by atoms with van der Waals surface area (Å²) in [6, 6.07) is 8.78. The zero-order chi connectivity index (χ0) is 14.4. The van der Waals surface area contributed by atoms with Crippen molar-refractivity contribution in [2.75, 3.05) is 13.6 Å². The molecule has 0 saturated heterocycles. The molecule has 108 valence electrons.